The third kappa shape index (κ3) is 4.49. The molecule has 2 rings (SSSR count). The second kappa shape index (κ2) is 6.89. The number of methoxy groups -OCH3 is 1. The summed E-state index contributed by atoms with van der Waals surface area (Å²) in [5.41, 5.74) is 0. The third-order valence-corrected chi connectivity index (χ3v) is 3.93. The van der Waals surface area contributed by atoms with Crippen molar-refractivity contribution in [1.29, 1.82) is 0 Å². The van der Waals surface area contributed by atoms with Crippen LogP contribution in [-0.4, -0.2) is 24.2 Å². The molecule has 1 aliphatic carbocycles. The second-order valence-corrected chi connectivity index (χ2v) is 5.77. The Kier molecular flexibility index (Phi) is 5.19. The number of carbonyl (C=O) groups is 1. The number of pyridine rings is 1. The molecule has 4 nitrogen and oxygen atoms in total. The van der Waals surface area contributed by atoms with Gasteiger partial charge >= 0.3 is 5.97 Å². The van der Waals surface area contributed by atoms with Crippen LogP contribution >= 0.6 is 15.9 Å². The van der Waals surface area contributed by atoms with E-state index in [-0.39, 0.29) is 12.1 Å². The van der Waals surface area contributed by atoms with E-state index in [1.54, 1.807) is 6.20 Å². The number of hydrogen-bond acceptors (Lipinski definition) is 4. The van der Waals surface area contributed by atoms with E-state index in [9.17, 15) is 4.79 Å². The van der Waals surface area contributed by atoms with Crippen LogP contribution in [0.1, 0.15) is 32.1 Å². The van der Waals surface area contributed by atoms with E-state index in [2.05, 4.69) is 20.9 Å². The Morgan fingerprint density at radius 2 is 2.11 bits per heavy atom. The van der Waals surface area contributed by atoms with Crippen LogP contribution < -0.4 is 4.74 Å². The van der Waals surface area contributed by atoms with Gasteiger partial charge in [-0.05, 0) is 53.6 Å². The van der Waals surface area contributed by atoms with E-state index >= 15 is 0 Å². The lowest BCUT2D eigenvalue weighted by molar-refractivity contribution is -0.142. The maximum atomic E-state index is 11.2. The molecule has 0 unspecified atom stereocenters. The zero-order valence-corrected chi connectivity index (χ0v) is 12.6. The summed E-state index contributed by atoms with van der Waals surface area (Å²) >= 11 is 3.35. The van der Waals surface area contributed by atoms with E-state index in [0.29, 0.717) is 18.2 Å². The molecule has 19 heavy (non-hydrogen) atoms. The van der Waals surface area contributed by atoms with E-state index in [4.69, 9.17) is 9.47 Å². The van der Waals surface area contributed by atoms with Gasteiger partial charge in [0.2, 0.25) is 5.88 Å². The monoisotopic (exact) mass is 327 g/mol. The van der Waals surface area contributed by atoms with Crippen molar-refractivity contribution in [3.8, 4) is 5.88 Å². The van der Waals surface area contributed by atoms with Crippen molar-refractivity contribution >= 4 is 21.9 Å². The molecular formula is C14H18BrNO3. The van der Waals surface area contributed by atoms with Crippen molar-refractivity contribution in [3.63, 3.8) is 0 Å². The van der Waals surface area contributed by atoms with Crippen molar-refractivity contribution in [1.82, 2.24) is 4.98 Å². The first-order valence-electron chi connectivity index (χ1n) is 6.52. The number of halogens is 1. The highest BCUT2D eigenvalue weighted by Gasteiger charge is 2.24. The van der Waals surface area contributed by atoms with Crippen LogP contribution in [-0.2, 0) is 9.53 Å². The summed E-state index contributed by atoms with van der Waals surface area (Å²) in [4.78, 5) is 15.4. The fourth-order valence-electron chi connectivity index (χ4n) is 2.38. The van der Waals surface area contributed by atoms with E-state index in [1.807, 2.05) is 12.1 Å². The predicted octanol–water partition coefficient (Wildman–Crippen LogP) is 3.34. The molecule has 0 N–H and O–H groups in total. The largest absolute Gasteiger partial charge is 0.474 e. The van der Waals surface area contributed by atoms with E-state index < -0.39 is 0 Å². The predicted molar refractivity (Wildman–Crippen MR) is 74.9 cm³/mol. The highest BCUT2D eigenvalue weighted by Crippen LogP contribution is 2.29. The second-order valence-electron chi connectivity index (χ2n) is 4.86. The van der Waals surface area contributed by atoms with Gasteiger partial charge in [0.15, 0.2) is 0 Å². The summed E-state index contributed by atoms with van der Waals surface area (Å²) in [6, 6.07) is 3.79. The summed E-state index contributed by atoms with van der Waals surface area (Å²) < 4.78 is 11.5. The molecule has 1 aliphatic rings. The number of esters is 1. The minimum Gasteiger partial charge on any atom is -0.474 e. The molecule has 1 aromatic heterocycles. The Balaban J connectivity index is 1.77. The summed E-state index contributed by atoms with van der Waals surface area (Å²) in [7, 11) is 1.44. The maximum absolute atomic E-state index is 11.2. The van der Waals surface area contributed by atoms with Crippen molar-refractivity contribution < 1.29 is 14.3 Å². The first-order chi connectivity index (χ1) is 9.17. The Bertz CT molecular complexity index is 413. The van der Waals surface area contributed by atoms with Gasteiger partial charge in [-0.1, -0.05) is 0 Å². The van der Waals surface area contributed by atoms with Crippen LogP contribution in [0, 0.1) is 5.92 Å². The number of carbonyl (C=O) groups excluding carboxylic acids is 1. The molecule has 1 heterocycles. The number of rotatable bonds is 4. The van der Waals surface area contributed by atoms with Gasteiger partial charge in [0.05, 0.1) is 7.11 Å². The number of ether oxygens (including phenoxy) is 2. The van der Waals surface area contributed by atoms with Gasteiger partial charge in [0, 0.05) is 23.2 Å². The van der Waals surface area contributed by atoms with Crippen LogP contribution in [0.5, 0.6) is 5.88 Å². The normalized spacial score (nSPS) is 22.8. The molecule has 0 atom stereocenters. The Labute approximate surface area is 121 Å². The molecule has 0 bridgehead atoms. The third-order valence-electron chi connectivity index (χ3n) is 3.46. The zero-order valence-electron chi connectivity index (χ0n) is 11.0. The quantitative estimate of drug-likeness (QED) is 0.796. The SMILES string of the molecule is COC(=O)C[C@H]1CC[C@H](Oc2ccc(Br)cn2)CC1. The number of aromatic nitrogens is 1. The lowest BCUT2D eigenvalue weighted by Crippen LogP contribution is -2.25. The summed E-state index contributed by atoms with van der Waals surface area (Å²) in [5.74, 6) is 0.990. The van der Waals surface area contributed by atoms with Crippen molar-refractivity contribution in [3.05, 3.63) is 22.8 Å². The fraction of sp³-hybridized carbons (Fsp3) is 0.571. The highest BCUT2D eigenvalue weighted by molar-refractivity contribution is 9.10. The molecule has 0 aliphatic heterocycles. The van der Waals surface area contributed by atoms with E-state index in [0.717, 1.165) is 30.2 Å². The van der Waals surface area contributed by atoms with Gasteiger partial charge in [0.1, 0.15) is 6.10 Å². The van der Waals surface area contributed by atoms with Crippen LogP contribution in [0.25, 0.3) is 0 Å². The van der Waals surface area contributed by atoms with Crippen LogP contribution in [0.15, 0.2) is 22.8 Å². The van der Waals surface area contributed by atoms with Gasteiger partial charge < -0.3 is 9.47 Å². The lowest BCUT2D eigenvalue weighted by Gasteiger charge is -2.27. The molecular weight excluding hydrogens is 310 g/mol. The fourth-order valence-corrected chi connectivity index (χ4v) is 2.61. The van der Waals surface area contributed by atoms with Gasteiger partial charge in [-0.2, -0.15) is 0 Å². The molecule has 0 aromatic carbocycles. The summed E-state index contributed by atoms with van der Waals surface area (Å²) in [6.45, 7) is 0. The van der Waals surface area contributed by atoms with Gasteiger partial charge in [0.25, 0.3) is 0 Å². The molecule has 0 spiro atoms. The first kappa shape index (κ1) is 14.3. The molecule has 0 radical (unpaired) electrons. The minimum atomic E-state index is -0.112. The van der Waals surface area contributed by atoms with Gasteiger partial charge in [-0.15, -0.1) is 0 Å². The average molecular weight is 328 g/mol. The molecule has 1 fully saturated rings. The first-order valence-corrected chi connectivity index (χ1v) is 7.31. The topological polar surface area (TPSA) is 48.4 Å². The summed E-state index contributed by atoms with van der Waals surface area (Å²) in [6.07, 6.45) is 6.44. The van der Waals surface area contributed by atoms with Crippen molar-refractivity contribution in [2.45, 2.75) is 38.2 Å². The van der Waals surface area contributed by atoms with E-state index in [1.165, 1.54) is 7.11 Å². The standard InChI is InChI=1S/C14H18BrNO3/c1-18-14(17)8-10-2-5-12(6-3-10)19-13-7-4-11(15)9-16-13/h4,7,9-10,12H,2-3,5-6,8H2,1H3/t10-,12-. The lowest BCUT2D eigenvalue weighted by atomic mass is 9.85. The number of nitrogens with zero attached hydrogens (tertiary/aromatic N) is 1. The van der Waals surface area contributed by atoms with Crippen molar-refractivity contribution in [2.75, 3.05) is 7.11 Å². The Morgan fingerprint density at radius 1 is 1.37 bits per heavy atom. The molecule has 104 valence electrons. The molecule has 1 aromatic rings. The molecule has 0 saturated heterocycles. The smallest absolute Gasteiger partial charge is 0.305 e. The average Bonchev–Trinajstić information content (AvgIpc) is 2.43. The van der Waals surface area contributed by atoms with Crippen LogP contribution in [0.4, 0.5) is 0 Å². The van der Waals surface area contributed by atoms with Crippen LogP contribution in [0.3, 0.4) is 0 Å². The summed E-state index contributed by atoms with van der Waals surface area (Å²) in [5, 5.41) is 0. The Morgan fingerprint density at radius 3 is 2.68 bits per heavy atom. The molecule has 5 heteroatoms. The maximum Gasteiger partial charge on any atom is 0.305 e. The van der Waals surface area contributed by atoms with Gasteiger partial charge in [-0.3, -0.25) is 4.79 Å². The Hall–Kier alpha value is -1.10. The van der Waals surface area contributed by atoms with Gasteiger partial charge in [-0.25, -0.2) is 4.98 Å². The number of hydrogen-bond donors (Lipinski definition) is 0. The molecule has 1 saturated carbocycles. The van der Waals surface area contributed by atoms with Crippen molar-refractivity contribution in [2.24, 2.45) is 5.92 Å². The highest BCUT2D eigenvalue weighted by atomic mass is 79.9. The van der Waals surface area contributed by atoms with Crippen LogP contribution in [0.2, 0.25) is 0 Å². The minimum absolute atomic E-state index is 0.112. The zero-order chi connectivity index (χ0) is 13.7. The molecule has 0 amide bonds.